The Morgan fingerprint density at radius 3 is 2.64 bits per heavy atom. The molecule has 1 aromatic carbocycles. The van der Waals surface area contributed by atoms with Crippen LogP contribution in [0.3, 0.4) is 0 Å². The van der Waals surface area contributed by atoms with Crippen molar-refractivity contribution in [1.82, 2.24) is 4.90 Å². The van der Waals surface area contributed by atoms with E-state index in [9.17, 15) is 9.18 Å². The van der Waals surface area contributed by atoms with E-state index in [1.807, 2.05) is 6.07 Å². The van der Waals surface area contributed by atoms with E-state index in [1.165, 1.54) is 13.2 Å². The summed E-state index contributed by atoms with van der Waals surface area (Å²) in [7, 11) is 1.46. The van der Waals surface area contributed by atoms with Gasteiger partial charge in [0.1, 0.15) is 0 Å². The van der Waals surface area contributed by atoms with Gasteiger partial charge in [-0.1, -0.05) is 6.07 Å². The number of aliphatic carboxylic acids is 1. The molecule has 1 aromatic rings. The third kappa shape index (κ3) is 4.70. The third-order valence-corrected chi connectivity index (χ3v) is 5.27. The summed E-state index contributed by atoms with van der Waals surface area (Å²) < 4.78 is 24.9. The van der Waals surface area contributed by atoms with Crippen LogP contribution in [0.4, 0.5) is 4.39 Å². The highest BCUT2D eigenvalue weighted by Crippen LogP contribution is 2.27. The van der Waals surface area contributed by atoms with Crippen molar-refractivity contribution in [3.8, 4) is 5.75 Å². The molecule has 25 heavy (non-hydrogen) atoms. The van der Waals surface area contributed by atoms with Crippen LogP contribution in [-0.4, -0.2) is 54.9 Å². The molecule has 5 nitrogen and oxygen atoms in total. The number of piperidine rings is 1. The molecule has 2 heterocycles. The van der Waals surface area contributed by atoms with Gasteiger partial charge in [-0.25, -0.2) is 4.39 Å². The Morgan fingerprint density at radius 2 is 2.00 bits per heavy atom. The first kappa shape index (κ1) is 18.1. The highest BCUT2D eigenvalue weighted by Gasteiger charge is 2.30. The molecule has 0 saturated carbocycles. The first-order chi connectivity index (χ1) is 12.0. The minimum Gasteiger partial charge on any atom is -0.494 e. The molecule has 0 aliphatic carbocycles. The second-order valence-corrected chi connectivity index (χ2v) is 7.04. The predicted octanol–water partition coefficient (Wildman–Crippen LogP) is 2.72. The predicted molar refractivity (Wildman–Crippen MR) is 91.4 cm³/mol. The van der Waals surface area contributed by atoms with Gasteiger partial charge in [0.2, 0.25) is 0 Å². The second-order valence-electron chi connectivity index (χ2n) is 7.04. The topological polar surface area (TPSA) is 59.0 Å². The van der Waals surface area contributed by atoms with Gasteiger partial charge in [0, 0.05) is 6.54 Å². The number of carboxylic acids is 1. The van der Waals surface area contributed by atoms with E-state index in [4.69, 9.17) is 14.6 Å². The molecule has 138 valence electrons. The fourth-order valence-corrected chi connectivity index (χ4v) is 3.81. The second kappa shape index (κ2) is 8.15. The number of carboxylic acid groups (broad SMARTS) is 1. The zero-order valence-corrected chi connectivity index (χ0v) is 14.6. The minimum absolute atomic E-state index is 0.120. The molecular formula is C19H26FNO4. The van der Waals surface area contributed by atoms with Crippen molar-refractivity contribution < 1.29 is 23.8 Å². The van der Waals surface area contributed by atoms with Crippen molar-refractivity contribution in [2.75, 3.05) is 26.7 Å². The highest BCUT2D eigenvalue weighted by atomic mass is 19.1. The molecule has 0 amide bonds. The smallest absolute Gasteiger partial charge is 0.306 e. The molecule has 2 aliphatic heterocycles. The Balaban J connectivity index is 1.44. The number of rotatable bonds is 6. The average Bonchev–Trinajstić information content (AvgIpc) is 3.02. The number of halogens is 1. The number of likely N-dealkylation sites (tertiary alicyclic amines) is 1. The van der Waals surface area contributed by atoms with Gasteiger partial charge in [-0.3, -0.25) is 4.79 Å². The summed E-state index contributed by atoms with van der Waals surface area (Å²) in [5.74, 6) is -0.948. The molecule has 0 spiro atoms. The summed E-state index contributed by atoms with van der Waals surface area (Å²) >= 11 is 0. The lowest BCUT2D eigenvalue weighted by Crippen LogP contribution is -2.40. The van der Waals surface area contributed by atoms with E-state index in [0.717, 1.165) is 50.9 Å². The van der Waals surface area contributed by atoms with E-state index >= 15 is 0 Å². The van der Waals surface area contributed by atoms with Crippen molar-refractivity contribution in [3.05, 3.63) is 29.6 Å². The van der Waals surface area contributed by atoms with Gasteiger partial charge in [-0.2, -0.15) is 0 Å². The maximum absolute atomic E-state index is 13.8. The van der Waals surface area contributed by atoms with Crippen LogP contribution in [0, 0.1) is 11.7 Å². The number of benzene rings is 1. The van der Waals surface area contributed by atoms with E-state index < -0.39 is 5.97 Å². The van der Waals surface area contributed by atoms with Crippen molar-refractivity contribution >= 4 is 5.97 Å². The maximum atomic E-state index is 13.8. The molecule has 0 bridgehead atoms. The summed E-state index contributed by atoms with van der Waals surface area (Å²) in [6, 6.07) is 5.06. The summed E-state index contributed by atoms with van der Waals surface area (Å²) in [4.78, 5) is 13.3. The molecule has 2 aliphatic rings. The maximum Gasteiger partial charge on any atom is 0.306 e. The van der Waals surface area contributed by atoms with Crippen LogP contribution in [0.2, 0.25) is 0 Å². The standard InChI is InChI=1S/C19H26FNO4/c1-24-18-5-2-13(11-17(18)20)10-15-3-4-16(25-15)12-21-8-6-14(7-9-21)19(22)23/h2,5,11,14-16H,3-4,6-10,12H2,1H3,(H,22,23)/t15-,16+/m0/s1. The van der Waals surface area contributed by atoms with Gasteiger partial charge in [0.05, 0.1) is 25.2 Å². The minimum atomic E-state index is -0.677. The quantitative estimate of drug-likeness (QED) is 0.854. The number of nitrogens with zero attached hydrogens (tertiary/aromatic N) is 1. The lowest BCUT2D eigenvalue weighted by Gasteiger charge is -2.31. The normalized spacial score (nSPS) is 25.2. The zero-order valence-electron chi connectivity index (χ0n) is 14.6. The number of carbonyl (C=O) groups is 1. The first-order valence-corrected chi connectivity index (χ1v) is 8.98. The van der Waals surface area contributed by atoms with Crippen molar-refractivity contribution in [3.63, 3.8) is 0 Å². The number of hydrogen-bond donors (Lipinski definition) is 1. The van der Waals surface area contributed by atoms with Crippen molar-refractivity contribution in [2.24, 2.45) is 5.92 Å². The summed E-state index contributed by atoms with van der Waals surface area (Å²) in [5, 5.41) is 9.06. The van der Waals surface area contributed by atoms with Crippen LogP contribution < -0.4 is 4.74 Å². The van der Waals surface area contributed by atoms with Gasteiger partial charge in [0.15, 0.2) is 11.6 Å². The molecule has 2 saturated heterocycles. The Hall–Kier alpha value is -1.66. The Bertz CT molecular complexity index is 601. The molecule has 2 fully saturated rings. The van der Waals surface area contributed by atoms with E-state index in [1.54, 1.807) is 6.07 Å². The highest BCUT2D eigenvalue weighted by molar-refractivity contribution is 5.70. The SMILES string of the molecule is COc1ccc(C[C@@H]2CC[C@H](CN3CCC(C(=O)O)CC3)O2)cc1F. The zero-order chi connectivity index (χ0) is 17.8. The van der Waals surface area contributed by atoms with Crippen LogP contribution in [0.25, 0.3) is 0 Å². The molecule has 0 aromatic heterocycles. The van der Waals surface area contributed by atoms with Crippen LogP contribution in [0.1, 0.15) is 31.2 Å². The molecule has 1 N–H and O–H groups in total. The monoisotopic (exact) mass is 351 g/mol. The average molecular weight is 351 g/mol. The van der Waals surface area contributed by atoms with Gasteiger partial charge in [-0.05, 0) is 62.9 Å². The fourth-order valence-electron chi connectivity index (χ4n) is 3.81. The van der Waals surface area contributed by atoms with Crippen LogP contribution in [0.15, 0.2) is 18.2 Å². The molecule has 2 atom stereocenters. The van der Waals surface area contributed by atoms with Crippen molar-refractivity contribution in [2.45, 2.75) is 44.3 Å². The summed E-state index contributed by atoms with van der Waals surface area (Å²) in [6.45, 7) is 2.51. The van der Waals surface area contributed by atoms with Gasteiger partial charge in [0.25, 0.3) is 0 Å². The van der Waals surface area contributed by atoms with E-state index in [-0.39, 0.29) is 29.7 Å². The third-order valence-electron chi connectivity index (χ3n) is 5.27. The van der Waals surface area contributed by atoms with E-state index in [2.05, 4.69) is 4.90 Å². The summed E-state index contributed by atoms with van der Waals surface area (Å²) in [6.07, 6.45) is 4.43. The van der Waals surface area contributed by atoms with Gasteiger partial charge in [-0.15, -0.1) is 0 Å². The Morgan fingerprint density at radius 1 is 1.28 bits per heavy atom. The molecular weight excluding hydrogens is 325 g/mol. The largest absolute Gasteiger partial charge is 0.494 e. The fraction of sp³-hybridized carbons (Fsp3) is 0.632. The Kier molecular flexibility index (Phi) is 5.91. The molecule has 0 unspecified atom stereocenters. The van der Waals surface area contributed by atoms with Crippen LogP contribution in [0.5, 0.6) is 5.75 Å². The summed E-state index contributed by atoms with van der Waals surface area (Å²) in [5.41, 5.74) is 0.922. The van der Waals surface area contributed by atoms with Gasteiger partial charge < -0.3 is 19.5 Å². The first-order valence-electron chi connectivity index (χ1n) is 8.98. The van der Waals surface area contributed by atoms with Gasteiger partial charge >= 0.3 is 5.97 Å². The van der Waals surface area contributed by atoms with Crippen LogP contribution >= 0.6 is 0 Å². The molecule has 0 radical (unpaired) electrons. The lowest BCUT2D eigenvalue weighted by atomic mass is 9.97. The van der Waals surface area contributed by atoms with Crippen molar-refractivity contribution in [1.29, 1.82) is 0 Å². The number of methoxy groups -OCH3 is 1. The Labute approximate surface area is 147 Å². The number of ether oxygens (including phenoxy) is 2. The van der Waals surface area contributed by atoms with E-state index in [0.29, 0.717) is 6.42 Å². The molecule has 3 rings (SSSR count). The van der Waals surface area contributed by atoms with Crippen LogP contribution in [-0.2, 0) is 16.0 Å². The number of hydrogen-bond acceptors (Lipinski definition) is 4. The lowest BCUT2D eigenvalue weighted by molar-refractivity contribution is -0.143. The molecule has 6 heteroatoms.